The molecule has 30 heavy (non-hydrogen) atoms. The third-order valence-corrected chi connectivity index (χ3v) is 5.17. The molecule has 0 spiro atoms. The Labute approximate surface area is 174 Å². The van der Waals surface area contributed by atoms with Crippen LogP contribution in [0.4, 0.5) is 14.9 Å². The molecule has 156 valence electrons. The summed E-state index contributed by atoms with van der Waals surface area (Å²) in [6, 6.07) is 13.6. The van der Waals surface area contributed by atoms with Crippen molar-refractivity contribution in [3.8, 4) is 6.07 Å². The SMILES string of the molecule is N#Cc1ccc(C(C(N)=O)N2CCCC(CNC(=O)Nc3cccc(F)c3)C2)cc1. The molecule has 1 saturated heterocycles. The summed E-state index contributed by atoms with van der Waals surface area (Å²) >= 11 is 0. The minimum Gasteiger partial charge on any atom is -0.368 e. The first-order chi connectivity index (χ1) is 14.5. The summed E-state index contributed by atoms with van der Waals surface area (Å²) in [7, 11) is 0. The number of nitrogens with zero attached hydrogens (tertiary/aromatic N) is 2. The Balaban J connectivity index is 1.58. The van der Waals surface area contributed by atoms with Gasteiger partial charge in [0.15, 0.2) is 0 Å². The van der Waals surface area contributed by atoms with Crippen molar-refractivity contribution in [3.63, 3.8) is 0 Å². The van der Waals surface area contributed by atoms with E-state index in [1.165, 1.54) is 18.2 Å². The molecule has 2 aromatic rings. The Morgan fingerprint density at radius 2 is 2.03 bits per heavy atom. The third-order valence-electron chi connectivity index (χ3n) is 5.17. The van der Waals surface area contributed by atoms with Crippen LogP contribution in [0.1, 0.15) is 30.0 Å². The Morgan fingerprint density at radius 3 is 2.70 bits per heavy atom. The van der Waals surface area contributed by atoms with Gasteiger partial charge in [-0.1, -0.05) is 18.2 Å². The number of hydrogen-bond acceptors (Lipinski definition) is 4. The summed E-state index contributed by atoms with van der Waals surface area (Å²) in [5.41, 5.74) is 7.33. The van der Waals surface area contributed by atoms with Gasteiger partial charge in [0.2, 0.25) is 5.91 Å². The second kappa shape index (κ2) is 9.85. The van der Waals surface area contributed by atoms with E-state index >= 15 is 0 Å². The maximum absolute atomic E-state index is 13.2. The summed E-state index contributed by atoms with van der Waals surface area (Å²) in [4.78, 5) is 26.3. The number of anilines is 1. The van der Waals surface area contributed by atoms with Gasteiger partial charge in [0.05, 0.1) is 11.6 Å². The van der Waals surface area contributed by atoms with Gasteiger partial charge in [-0.05, 0) is 61.2 Å². The largest absolute Gasteiger partial charge is 0.368 e. The van der Waals surface area contributed by atoms with Crippen molar-refractivity contribution < 1.29 is 14.0 Å². The van der Waals surface area contributed by atoms with Crippen molar-refractivity contribution in [3.05, 3.63) is 65.5 Å². The van der Waals surface area contributed by atoms with Crippen LogP contribution in [0.25, 0.3) is 0 Å². The maximum atomic E-state index is 13.2. The average Bonchev–Trinajstić information content (AvgIpc) is 2.73. The molecule has 7 nitrogen and oxygen atoms in total. The molecule has 2 atom stereocenters. The van der Waals surface area contributed by atoms with Crippen LogP contribution < -0.4 is 16.4 Å². The number of primary amides is 1. The summed E-state index contributed by atoms with van der Waals surface area (Å²) in [5, 5.41) is 14.4. The lowest BCUT2D eigenvalue weighted by Crippen LogP contribution is -2.46. The number of nitrogens with two attached hydrogens (primary N) is 1. The predicted molar refractivity (Wildman–Crippen MR) is 111 cm³/mol. The fourth-order valence-electron chi connectivity index (χ4n) is 3.77. The minimum absolute atomic E-state index is 0.150. The number of benzene rings is 2. The van der Waals surface area contributed by atoms with Crippen LogP contribution in [0, 0.1) is 23.1 Å². The number of halogens is 1. The Morgan fingerprint density at radius 1 is 1.27 bits per heavy atom. The number of likely N-dealkylation sites (tertiary alicyclic amines) is 1. The van der Waals surface area contributed by atoms with Crippen LogP contribution in [0.5, 0.6) is 0 Å². The van der Waals surface area contributed by atoms with Crippen molar-refractivity contribution in [2.75, 3.05) is 25.0 Å². The van der Waals surface area contributed by atoms with Crippen LogP contribution in [-0.4, -0.2) is 36.5 Å². The molecule has 2 unspecified atom stereocenters. The number of rotatable bonds is 6. The van der Waals surface area contributed by atoms with Crippen LogP contribution >= 0.6 is 0 Å². The standard InChI is InChI=1S/C22H24FN5O2/c23-18-4-1-5-19(11-18)27-22(30)26-13-16-3-2-10-28(14-16)20(21(25)29)17-8-6-15(12-24)7-9-17/h1,4-9,11,16,20H,2-3,10,13-14H2,(H2,25,29)(H2,26,27,30). The zero-order valence-electron chi connectivity index (χ0n) is 16.5. The number of nitrogens with one attached hydrogen (secondary N) is 2. The van der Waals surface area contributed by atoms with E-state index in [0.29, 0.717) is 24.3 Å². The van der Waals surface area contributed by atoms with Crippen LogP contribution in [0.15, 0.2) is 48.5 Å². The second-order valence-electron chi connectivity index (χ2n) is 7.39. The average molecular weight is 409 g/mol. The third kappa shape index (κ3) is 5.55. The van der Waals surface area contributed by atoms with Gasteiger partial charge in [-0.2, -0.15) is 5.26 Å². The Hall–Kier alpha value is -3.44. The number of piperidine rings is 1. The molecule has 1 aliphatic rings. The predicted octanol–water partition coefficient (Wildman–Crippen LogP) is 2.76. The highest BCUT2D eigenvalue weighted by Crippen LogP contribution is 2.27. The molecule has 0 aliphatic carbocycles. The summed E-state index contributed by atoms with van der Waals surface area (Å²) in [5.74, 6) is -0.717. The van der Waals surface area contributed by atoms with E-state index in [1.54, 1.807) is 30.3 Å². The molecule has 0 radical (unpaired) electrons. The van der Waals surface area contributed by atoms with E-state index in [2.05, 4.69) is 16.7 Å². The van der Waals surface area contributed by atoms with E-state index in [-0.39, 0.29) is 5.92 Å². The van der Waals surface area contributed by atoms with Gasteiger partial charge in [-0.15, -0.1) is 0 Å². The van der Waals surface area contributed by atoms with E-state index in [0.717, 1.165) is 24.9 Å². The molecular formula is C22H24FN5O2. The minimum atomic E-state index is -0.582. The zero-order chi connectivity index (χ0) is 21.5. The summed E-state index contributed by atoms with van der Waals surface area (Å²) < 4.78 is 13.2. The molecule has 0 aromatic heterocycles. The lowest BCUT2D eigenvalue weighted by Gasteiger charge is -2.37. The number of amides is 3. The monoisotopic (exact) mass is 409 g/mol. The molecule has 3 amide bonds. The number of carbonyl (C=O) groups is 2. The lowest BCUT2D eigenvalue weighted by atomic mass is 9.94. The van der Waals surface area contributed by atoms with Gasteiger partial charge in [0, 0.05) is 18.8 Å². The van der Waals surface area contributed by atoms with Crippen molar-refractivity contribution >= 4 is 17.6 Å². The second-order valence-corrected chi connectivity index (χ2v) is 7.39. The fourth-order valence-corrected chi connectivity index (χ4v) is 3.77. The van der Waals surface area contributed by atoms with Crippen LogP contribution in [-0.2, 0) is 4.79 Å². The summed E-state index contributed by atoms with van der Waals surface area (Å²) in [6.45, 7) is 1.75. The Bertz CT molecular complexity index is 941. The van der Waals surface area contributed by atoms with Crippen LogP contribution in [0.3, 0.4) is 0 Å². The number of urea groups is 1. The molecule has 1 fully saturated rings. The topological polar surface area (TPSA) is 111 Å². The van der Waals surface area contributed by atoms with Gasteiger partial charge in [0.25, 0.3) is 0 Å². The first-order valence-corrected chi connectivity index (χ1v) is 9.80. The first-order valence-electron chi connectivity index (χ1n) is 9.80. The molecule has 2 aromatic carbocycles. The molecule has 8 heteroatoms. The maximum Gasteiger partial charge on any atom is 0.319 e. The van der Waals surface area contributed by atoms with Crippen molar-refractivity contribution in [2.24, 2.45) is 11.7 Å². The van der Waals surface area contributed by atoms with E-state index in [4.69, 9.17) is 11.0 Å². The van der Waals surface area contributed by atoms with Gasteiger partial charge < -0.3 is 16.4 Å². The summed E-state index contributed by atoms with van der Waals surface area (Å²) in [6.07, 6.45) is 1.79. The van der Waals surface area contributed by atoms with Crippen molar-refractivity contribution in [1.29, 1.82) is 5.26 Å². The molecular weight excluding hydrogens is 385 g/mol. The van der Waals surface area contributed by atoms with E-state index < -0.39 is 23.8 Å². The highest BCUT2D eigenvalue weighted by atomic mass is 19.1. The molecule has 1 aliphatic heterocycles. The number of nitriles is 1. The normalized spacial score (nSPS) is 17.5. The smallest absolute Gasteiger partial charge is 0.319 e. The molecule has 0 bridgehead atoms. The Kier molecular flexibility index (Phi) is 6.99. The fraction of sp³-hybridized carbons (Fsp3) is 0.318. The molecule has 4 N–H and O–H groups in total. The van der Waals surface area contributed by atoms with Gasteiger partial charge >= 0.3 is 6.03 Å². The number of hydrogen-bond donors (Lipinski definition) is 3. The van der Waals surface area contributed by atoms with Crippen molar-refractivity contribution in [2.45, 2.75) is 18.9 Å². The molecule has 1 heterocycles. The molecule has 3 rings (SSSR count). The van der Waals surface area contributed by atoms with E-state index in [9.17, 15) is 14.0 Å². The van der Waals surface area contributed by atoms with E-state index in [1.807, 2.05) is 4.90 Å². The van der Waals surface area contributed by atoms with Crippen LogP contribution in [0.2, 0.25) is 0 Å². The highest BCUT2D eigenvalue weighted by molar-refractivity contribution is 5.89. The highest BCUT2D eigenvalue weighted by Gasteiger charge is 2.30. The van der Waals surface area contributed by atoms with Gasteiger partial charge in [-0.3, -0.25) is 9.69 Å². The number of carbonyl (C=O) groups excluding carboxylic acids is 2. The first kappa shape index (κ1) is 21.3. The lowest BCUT2D eigenvalue weighted by molar-refractivity contribution is -0.124. The molecule has 0 saturated carbocycles. The zero-order valence-corrected chi connectivity index (χ0v) is 16.5. The van der Waals surface area contributed by atoms with Gasteiger partial charge in [0.1, 0.15) is 11.9 Å². The van der Waals surface area contributed by atoms with Gasteiger partial charge in [-0.25, -0.2) is 9.18 Å². The van der Waals surface area contributed by atoms with Crippen molar-refractivity contribution in [1.82, 2.24) is 10.2 Å². The quantitative estimate of drug-likeness (QED) is 0.681.